The second kappa shape index (κ2) is 10.6. The van der Waals surface area contributed by atoms with Crippen molar-refractivity contribution < 1.29 is 4.79 Å². The number of anilines is 1. The molecule has 7 nitrogen and oxygen atoms in total. The average Bonchev–Trinajstić information content (AvgIpc) is 3.17. The molecule has 2 aromatic heterocycles. The molecular formula is C24H30N6OS. The van der Waals surface area contributed by atoms with E-state index in [1.165, 1.54) is 17.3 Å². The van der Waals surface area contributed by atoms with Gasteiger partial charge in [-0.25, -0.2) is 9.50 Å². The van der Waals surface area contributed by atoms with Gasteiger partial charge in [0.1, 0.15) is 0 Å². The van der Waals surface area contributed by atoms with Crippen molar-refractivity contribution in [3.05, 3.63) is 46.8 Å². The molecule has 0 bridgehead atoms. The van der Waals surface area contributed by atoms with E-state index in [0.717, 1.165) is 41.9 Å². The standard InChI is InChI=1S/C24H30N6OS/c1-6-7-9-21-17(3)26-23-27-24(28-30(23)18(21)4)32-19(5)22(31)29(15-8-14-25)20-12-10-16(2)11-13-20/h10-13,19H,6-9,15H2,1-5H3. The van der Waals surface area contributed by atoms with Crippen LogP contribution in [0.25, 0.3) is 5.78 Å². The normalized spacial score (nSPS) is 12.0. The van der Waals surface area contributed by atoms with E-state index >= 15 is 0 Å². The number of rotatable bonds is 9. The van der Waals surface area contributed by atoms with Crippen molar-refractivity contribution in [2.45, 2.75) is 70.7 Å². The Morgan fingerprint density at radius 1 is 1.22 bits per heavy atom. The molecule has 0 saturated carbocycles. The van der Waals surface area contributed by atoms with Crippen molar-refractivity contribution in [1.29, 1.82) is 5.26 Å². The summed E-state index contributed by atoms with van der Waals surface area (Å²) < 4.78 is 1.78. The summed E-state index contributed by atoms with van der Waals surface area (Å²) in [5.74, 6) is 0.486. The molecule has 3 aromatic rings. The molecule has 0 fully saturated rings. The molecule has 1 atom stereocenters. The molecule has 0 N–H and O–H groups in total. The van der Waals surface area contributed by atoms with E-state index in [9.17, 15) is 4.79 Å². The molecule has 2 heterocycles. The first kappa shape index (κ1) is 23.7. The molecule has 1 unspecified atom stereocenters. The minimum Gasteiger partial charge on any atom is -0.310 e. The third-order valence-electron chi connectivity index (χ3n) is 5.50. The fourth-order valence-corrected chi connectivity index (χ4v) is 4.44. The van der Waals surface area contributed by atoms with E-state index in [1.807, 2.05) is 52.0 Å². The predicted molar refractivity (Wildman–Crippen MR) is 128 cm³/mol. The zero-order valence-electron chi connectivity index (χ0n) is 19.4. The second-order valence-electron chi connectivity index (χ2n) is 7.96. The van der Waals surface area contributed by atoms with E-state index in [2.05, 4.69) is 28.1 Å². The lowest BCUT2D eigenvalue weighted by Gasteiger charge is -2.24. The number of hydrogen-bond donors (Lipinski definition) is 0. The fourth-order valence-electron chi connectivity index (χ4n) is 3.64. The lowest BCUT2D eigenvalue weighted by atomic mass is 10.1. The third kappa shape index (κ3) is 5.28. The highest BCUT2D eigenvalue weighted by Gasteiger charge is 2.25. The van der Waals surface area contributed by atoms with Gasteiger partial charge in [0.15, 0.2) is 0 Å². The number of aryl methyl sites for hydroxylation is 3. The maximum absolute atomic E-state index is 13.3. The minimum atomic E-state index is -0.409. The van der Waals surface area contributed by atoms with Crippen LogP contribution in [0.15, 0.2) is 29.4 Å². The highest BCUT2D eigenvalue weighted by Crippen LogP contribution is 2.26. The zero-order chi connectivity index (χ0) is 23.3. The van der Waals surface area contributed by atoms with Gasteiger partial charge >= 0.3 is 0 Å². The Kier molecular flexibility index (Phi) is 7.86. The fraction of sp³-hybridized carbons (Fsp3) is 0.458. The van der Waals surface area contributed by atoms with Crippen LogP contribution < -0.4 is 4.90 Å². The largest absolute Gasteiger partial charge is 0.310 e. The Labute approximate surface area is 193 Å². The van der Waals surface area contributed by atoms with Crippen LogP contribution in [0.4, 0.5) is 5.69 Å². The van der Waals surface area contributed by atoms with Crippen LogP contribution in [-0.2, 0) is 11.2 Å². The molecule has 168 valence electrons. The Morgan fingerprint density at radius 2 is 1.94 bits per heavy atom. The van der Waals surface area contributed by atoms with Crippen molar-refractivity contribution in [3.8, 4) is 6.07 Å². The average molecular weight is 451 g/mol. The predicted octanol–water partition coefficient (Wildman–Crippen LogP) is 4.82. The second-order valence-corrected chi connectivity index (χ2v) is 9.27. The SMILES string of the molecule is CCCCc1c(C)nc2nc(SC(C)C(=O)N(CCC#N)c3ccc(C)cc3)nn2c1C. The van der Waals surface area contributed by atoms with E-state index < -0.39 is 5.25 Å². The van der Waals surface area contributed by atoms with E-state index in [0.29, 0.717) is 17.5 Å². The van der Waals surface area contributed by atoms with E-state index in [-0.39, 0.29) is 12.3 Å². The molecule has 0 aliphatic heterocycles. The Bertz CT molecular complexity index is 1130. The van der Waals surface area contributed by atoms with Gasteiger partial charge in [0.25, 0.3) is 5.78 Å². The maximum Gasteiger partial charge on any atom is 0.253 e. The van der Waals surface area contributed by atoms with Gasteiger partial charge in [0, 0.05) is 23.6 Å². The van der Waals surface area contributed by atoms with Gasteiger partial charge in [0.05, 0.1) is 17.7 Å². The minimum absolute atomic E-state index is 0.0718. The molecule has 8 heteroatoms. The number of amides is 1. The summed E-state index contributed by atoms with van der Waals surface area (Å²) >= 11 is 1.32. The molecule has 32 heavy (non-hydrogen) atoms. The summed E-state index contributed by atoms with van der Waals surface area (Å²) in [5.41, 5.74) is 5.16. The monoisotopic (exact) mass is 450 g/mol. The molecule has 0 aliphatic rings. The molecule has 3 rings (SSSR count). The van der Waals surface area contributed by atoms with Crippen molar-refractivity contribution in [2.75, 3.05) is 11.4 Å². The highest BCUT2D eigenvalue weighted by atomic mass is 32.2. The van der Waals surface area contributed by atoms with E-state index in [4.69, 9.17) is 5.26 Å². The number of benzene rings is 1. The summed E-state index contributed by atoms with van der Waals surface area (Å²) in [6.07, 6.45) is 3.47. The topological polar surface area (TPSA) is 87.2 Å². The van der Waals surface area contributed by atoms with Crippen molar-refractivity contribution >= 4 is 29.1 Å². The van der Waals surface area contributed by atoms with Crippen LogP contribution in [0.5, 0.6) is 0 Å². The van der Waals surface area contributed by atoms with Gasteiger partial charge in [-0.15, -0.1) is 5.10 Å². The maximum atomic E-state index is 13.3. The number of unbranched alkanes of at least 4 members (excludes halogenated alkanes) is 1. The smallest absolute Gasteiger partial charge is 0.253 e. The van der Waals surface area contributed by atoms with Gasteiger partial charge < -0.3 is 4.90 Å². The number of nitriles is 1. The highest BCUT2D eigenvalue weighted by molar-refractivity contribution is 8.00. The van der Waals surface area contributed by atoms with Gasteiger partial charge in [-0.1, -0.05) is 42.8 Å². The number of thioether (sulfide) groups is 1. The zero-order valence-corrected chi connectivity index (χ0v) is 20.2. The molecule has 0 saturated heterocycles. The summed E-state index contributed by atoms with van der Waals surface area (Å²) in [7, 11) is 0. The molecular weight excluding hydrogens is 420 g/mol. The molecule has 1 aromatic carbocycles. The van der Waals surface area contributed by atoms with Gasteiger partial charge in [-0.2, -0.15) is 10.2 Å². The Morgan fingerprint density at radius 3 is 2.59 bits per heavy atom. The quantitative estimate of drug-likeness (QED) is 0.434. The Hall–Kier alpha value is -2.92. The molecule has 0 aliphatic carbocycles. The third-order valence-corrected chi connectivity index (χ3v) is 6.44. The van der Waals surface area contributed by atoms with Crippen molar-refractivity contribution in [1.82, 2.24) is 19.6 Å². The first-order chi connectivity index (χ1) is 15.3. The lowest BCUT2D eigenvalue weighted by Crippen LogP contribution is -2.37. The summed E-state index contributed by atoms with van der Waals surface area (Å²) in [6.45, 7) is 10.4. The summed E-state index contributed by atoms with van der Waals surface area (Å²) in [6, 6.07) is 9.90. The van der Waals surface area contributed by atoms with E-state index in [1.54, 1.807) is 9.42 Å². The number of carbonyl (C=O) groups is 1. The Balaban J connectivity index is 1.83. The number of fused-ring (bicyclic) bond motifs is 1. The van der Waals surface area contributed by atoms with Crippen molar-refractivity contribution in [3.63, 3.8) is 0 Å². The van der Waals surface area contributed by atoms with Crippen LogP contribution >= 0.6 is 11.8 Å². The number of aromatic nitrogens is 4. The van der Waals surface area contributed by atoms with Crippen LogP contribution in [0.3, 0.4) is 0 Å². The number of nitrogens with zero attached hydrogens (tertiary/aromatic N) is 6. The lowest BCUT2D eigenvalue weighted by molar-refractivity contribution is -0.117. The van der Waals surface area contributed by atoms with Crippen LogP contribution in [0.2, 0.25) is 0 Å². The van der Waals surface area contributed by atoms with Gasteiger partial charge in [-0.05, 0) is 58.2 Å². The van der Waals surface area contributed by atoms with Crippen LogP contribution in [0, 0.1) is 32.1 Å². The summed E-state index contributed by atoms with van der Waals surface area (Å²) in [4.78, 5) is 24.1. The summed E-state index contributed by atoms with van der Waals surface area (Å²) in [5, 5.41) is 13.8. The molecule has 1 amide bonds. The molecule has 0 radical (unpaired) electrons. The van der Waals surface area contributed by atoms with Gasteiger partial charge in [-0.3, -0.25) is 4.79 Å². The number of hydrogen-bond acceptors (Lipinski definition) is 6. The van der Waals surface area contributed by atoms with Crippen LogP contribution in [-0.4, -0.2) is 37.3 Å². The first-order valence-corrected chi connectivity index (χ1v) is 11.9. The first-order valence-electron chi connectivity index (χ1n) is 11.0. The van der Waals surface area contributed by atoms with Gasteiger partial charge in [0.2, 0.25) is 11.1 Å². The van der Waals surface area contributed by atoms with Crippen LogP contribution in [0.1, 0.15) is 55.6 Å². The molecule has 0 spiro atoms. The number of carbonyl (C=O) groups excluding carboxylic acids is 1. The van der Waals surface area contributed by atoms with Crippen molar-refractivity contribution in [2.24, 2.45) is 0 Å².